The van der Waals surface area contributed by atoms with Gasteiger partial charge in [0.2, 0.25) is 0 Å². The summed E-state index contributed by atoms with van der Waals surface area (Å²) >= 11 is 5.86. The van der Waals surface area contributed by atoms with Gasteiger partial charge in [-0.1, -0.05) is 129 Å². The number of methoxy groups -OCH3 is 2. The normalized spacial score (nSPS) is 12.8. The summed E-state index contributed by atoms with van der Waals surface area (Å²) in [7, 11) is 1.53. The highest BCUT2D eigenvalue weighted by atomic mass is 79.9. The molecule has 14 nitrogen and oxygen atoms in total. The number of ether oxygens (including phenoxy) is 5. The van der Waals surface area contributed by atoms with Crippen LogP contribution in [0.3, 0.4) is 0 Å². The summed E-state index contributed by atoms with van der Waals surface area (Å²) in [5.41, 5.74) is 1.58. The third-order valence-corrected chi connectivity index (χ3v) is 15.9. The molecule has 0 spiro atoms. The van der Waals surface area contributed by atoms with Crippen molar-refractivity contribution in [3.05, 3.63) is 283 Å². The maximum absolute atomic E-state index is 14.4. The van der Waals surface area contributed by atoms with E-state index in [-0.39, 0.29) is 52.3 Å². The first kappa shape index (κ1) is 83.7. The van der Waals surface area contributed by atoms with Gasteiger partial charge in [-0.15, -0.1) is 0 Å². The highest BCUT2D eigenvalue weighted by Gasteiger charge is 2.52. The van der Waals surface area contributed by atoms with E-state index in [4.69, 9.17) is 43.9 Å². The van der Waals surface area contributed by atoms with Crippen molar-refractivity contribution in [2.75, 3.05) is 14.2 Å². The minimum atomic E-state index is -1.19. The van der Waals surface area contributed by atoms with Gasteiger partial charge in [0.1, 0.15) is 19.8 Å². The molecule has 1 aliphatic rings. The van der Waals surface area contributed by atoms with E-state index in [0.29, 0.717) is 9.94 Å². The zero-order chi connectivity index (χ0) is 76.8. The number of phenolic OH excluding ortho intramolecular Hbond substituents is 3. The van der Waals surface area contributed by atoms with Crippen molar-refractivity contribution in [2.24, 2.45) is 0 Å². The lowest BCUT2D eigenvalue weighted by atomic mass is 9.79. The Morgan fingerprint density at radius 2 is 0.728 bits per heavy atom. The van der Waals surface area contributed by atoms with Gasteiger partial charge in [-0.2, -0.15) is 0 Å². The standard InChI is InChI=1S/C19H21BF2O3.C17H14F2O3.C13H9BrF2O.C10H10F2O3.C9H8F2O3.C6H3BrF2O/c1-18(2)19(3,4)25-20(24-18)14-10-15(21)17(16(22)11-14)23-12-13-8-6-5-7-9-13;1-11(17(20)21-2)13-8-14(18)16(15(19)9-13)22-10-12-6-4-3-5-7-12;14-10-6-11(15)13(12(16)7-10)17-8-9-4-2-1-3-5-9;1-5(10(14)15-2)6-3-7(11)9(13)8(12)4-6;1-4(9(13)14)5-2-6(10)8(12)7(11)3-5;7-3-1-4(8)6(10)5(9)2-3/h5-11H,12H2,1-4H3;3-9H,1,10H2,2H3;1-7H,8H2;3-5,13H,1-2H3;2-4,12H,1H3,(H,13,14);1-2,10H. The number of carbonyl (C=O) groups excluding carboxylic acids is 2. The quantitative estimate of drug-likeness (QED) is 0.0308. The second kappa shape index (κ2) is 38.3. The molecule has 0 saturated carbocycles. The molecule has 10 rings (SSSR count). The molecule has 4 N–H and O–H groups in total. The first-order valence-corrected chi connectivity index (χ1v) is 31.7. The van der Waals surface area contributed by atoms with E-state index in [9.17, 15) is 67.1 Å². The Morgan fingerprint density at radius 3 is 1.03 bits per heavy atom. The largest absolute Gasteiger partial charge is 0.503 e. The Bertz CT molecular complexity index is 4260. The van der Waals surface area contributed by atoms with Crippen molar-refractivity contribution in [3.8, 4) is 34.5 Å². The first-order valence-electron chi connectivity index (χ1n) is 30.2. The lowest BCUT2D eigenvalue weighted by Crippen LogP contribution is -2.41. The number of benzene rings is 9. The first-order chi connectivity index (χ1) is 48.4. The molecule has 0 aromatic heterocycles. The van der Waals surface area contributed by atoms with Crippen LogP contribution in [0.25, 0.3) is 5.57 Å². The van der Waals surface area contributed by atoms with E-state index in [0.717, 1.165) is 72.3 Å². The molecule has 9 aromatic carbocycles. The molecule has 29 heteroatoms. The third-order valence-electron chi connectivity index (χ3n) is 15.0. The predicted octanol–water partition coefficient (Wildman–Crippen LogP) is 18.1. The maximum atomic E-state index is 14.4. The molecular formula is C74H65BBr2F12O14. The van der Waals surface area contributed by atoms with Crippen LogP contribution in [0.4, 0.5) is 52.7 Å². The smallest absolute Gasteiger partial charge is 0.495 e. The van der Waals surface area contributed by atoms with E-state index in [1.165, 1.54) is 45.2 Å². The molecule has 1 aliphatic heterocycles. The van der Waals surface area contributed by atoms with Gasteiger partial charge in [0, 0.05) is 8.95 Å². The van der Waals surface area contributed by atoms with Crippen molar-refractivity contribution in [1.82, 2.24) is 0 Å². The number of carboxylic acid groups (broad SMARTS) is 1. The van der Waals surface area contributed by atoms with Crippen molar-refractivity contribution in [1.29, 1.82) is 0 Å². The van der Waals surface area contributed by atoms with Gasteiger partial charge in [-0.25, -0.2) is 57.5 Å². The van der Waals surface area contributed by atoms with Crippen LogP contribution in [-0.2, 0) is 53.0 Å². The van der Waals surface area contributed by atoms with Gasteiger partial charge < -0.3 is 53.4 Å². The number of carboxylic acids is 1. The maximum Gasteiger partial charge on any atom is 0.495 e. The second-order valence-corrected chi connectivity index (χ2v) is 24.7. The van der Waals surface area contributed by atoms with Crippen LogP contribution >= 0.6 is 31.9 Å². The lowest BCUT2D eigenvalue weighted by Gasteiger charge is -2.32. The lowest BCUT2D eigenvalue weighted by molar-refractivity contribution is -0.142. The minimum absolute atomic E-state index is 0.00825. The number of esters is 2. The van der Waals surface area contributed by atoms with Crippen LogP contribution in [0.15, 0.2) is 179 Å². The third kappa shape index (κ3) is 24.1. The molecule has 0 bridgehead atoms. The van der Waals surface area contributed by atoms with Crippen LogP contribution in [0, 0.1) is 69.8 Å². The average Bonchev–Trinajstić information content (AvgIpc) is 1.63. The molecule has 0 amide bonds. The molecule has 2 atom stereocenters. The SMILES string of the molecule is C=C(C(=O)OC)c1cc(F)c(OCc2ccccc2)c(F)c1.CC(C(=O)O)c1cc(F)c(O)c(F)c1.CC1(C)OB(c2cc(F)c(OCc3ccccc3)c(F)c2)OC1(C)C.COC(=O)C(C)c1cc(F)c(O)c(F)c1.Fc1cc(Br)cc(F)c1OCc1ccccc1.Oc1c(F)cc(Br)cc1F. The van der Waals surface area contributed by atoms with E-state index >= 15 is 0 Å². The van der Waals surface area contributed by atoms with Crippen molar-refractivity contribution < 1.29 is 120 Å². The summed E-state index contributed by atoms with van der Waals surface area (Å²) in [4.78, 5) is 32.9. The van der Waals surface area contributed by atoms with Gasteiger partial charge in [0.15, 0.2) is 104 Å². The molecule has 1 heterocycles. The number of halogens is 14. The Morgan fingerprint density at radius 1 is 0.447 bits per heavy atom. The number of carbonyl (C=O) groups is 3. The van der Waals surface area contributed by atoms with Crippen molar-refractivity contribution >= 4 is 67.9 Å². The van der Waals surface area contributed by atoms with Crippen LogP contribution in [0.5, 0.6) is 34.5 Å². The fraction of sp³-hybridized carbons (Fsp3) is 0.203. The van der Waals surface area contributed by atoms with Gasteiger partial charge in [-0.3, -0.25) is 9.59 Å². The summed E-state index contributed by atoms with van der Waals surface area (Å²) in [5, 5.41) is 34.7. The van der Waals surface area contributed by atoms with Gasteiger partial charge >= 0.3 is 25.0 Å². The number of hydrogen-bond acceptors (Lipinski definition) is 13. The second-order valence-electron chi connectivity index (χ2n) is 22.9. The molecule has 0 aliphatic carbocycles. The highest BCUT2D eigenvalue weighted by molar-refractivity contribution is 9.10. The zero-order valence-electron chi connectivity index (χ0n) is 55.8. The van der Waals surface area contributed by atoms with Crippen LogP contribution in [0.1, 0.15) is 86.8 Å². The van der Waals surface area contributed by atoms with Gasteiger partial charge in [0.25, 0.3) is 0 Å². The molecule has 2 unspecified atom stereocenters. The molecular weight excluding hydrogens is 1510 g/mol. The minimum Gasteiger partial charge on any atom is -0.503 e. The van der Waals surface area contributed by atoms with Crippen LogP contribution in [-0.4, -0.2) is 70.9 Å². The van der Waals surface area contributed by atoms with Crippen LogP contribution < -0.4 is 19.7 Å². The monoisotopic (exact) mass is 1570 g/mol. The van der Waals surface area contributed by atoms with Gasteiger partial charge in [0.05, 0.1) is 42.8 Å². The Labute approximate surface area is 601 Å². The average molecular weight is 1580 g/mol. The number of aliphatic carboxylic acids is 1. The van der Waals surface area contributed by atoms with Gasteiger partial charge in [-0.05, 0) is 153 Å². The number of rotatable bonds is 16. The summed E-state index contributed by atoms with van der Waals surface area (Å²) in [6.07, 6.45) is 0. The number of hydrogen-bond donors (Lipinski definition) is 4. The molecule has 546 valence electrons. The van der Waals surface area contributed by atoms with Crippen molar-refractivity contribution in [2.45, 2.75) is 84.4 Å². The molecule has 9 aromatic rings. The summed E-state index contributed by atoms with van der Waals surface area (Å²) in [5.74, 6) is -19.9. The summed E-state index contributed by atoms with van der Waals surface area (Å²) in [6, 6.07) is 39.5. The fourth-order valence-electron chi connectivity index (χ4n) is 8.46. The van der Waals surface area contributed by atoms with Crippen LogP contribution in [0.2, 0.25) is 0 Å². The molecule has 0 radical (unpaired) electrons. The van der Waals surface area contributed by atoms with E-state index in [1.54, 1.807) is 24.3 Å². The number of phenols is 3. The number of aromatic hydroxyl groups is 3. The highest BCUT2D eigenvalue weighted by Crippen LogP contribution is 2.38. The Hall–Kier alpha value is -9.97. The van der Waals surface area contributed by atoms with Crippen molar-refractivity contribution in [3.63, 3.8) is 0 Å². The van der Waals surface area contributed by atoms with E-state index in [2.05, 4.69) is 47.9 Å². The predicted molar refractivity (Wildman–Crippen MR) is 364 cm³/mol. The Kier molecular flexibility index (Phi) is 31.2. The molecule has 1 saturated heterocycles. The zero-order valence-corrected chi connectivity index (χ0v) is 59.0. The fourth-order valence-corrected chi connectivity index (χ4v) is 9.27. The Balaban J connectivity index is 0.000000227. The summed E-state index contributed by atoms with van der Waals surface area (Å²) < 4.78 is 196. The summed E-state index contributed by atoms with van der Waals surface area (Å²) in [6.45, 7) is 14.0. The van der Waals surface area contributed by atoms with E-state index < -0.39 is 147 Å². The molecule has 1 fully saturated rings. The topological polar surface area (TPSA) is 197 Å². The van der Waals surface area contributed by atoms with E-state index in [1.807, 2.05) is 94.4 Å². The molecule has 103 heavy (non-hydrogen) atoms.